The van der Waals surface area contributed by atoms with E-state index in [1.165, 1.54) is 11.3 Å². The largest absolute Gasteiger partial charge is 0.431 e. The Morgan fingerprint density at radius 1 is 1.28 bits per heavy atom. The maximum absolute atomic E-state index is 5.61. The molecule has 2 N–H and O–H groups in total. The number of nitrogen functional groups attached to an aromatic ring is 1. The fraction of sp³-hybridized carbons (Fsp3) is 0.182. The van der Waals surface area contributed by atoms with Gasteiger partial charge in [-0.2, -0.15) is 0 Å². The van der Waals surface area contributed by atoms with Gasteiger partial charge in [0.1, 0.15) is 10.5 Å². The van der Waals surface area contributed by atoms with Crippen LogP contribution in [0.2, 0.25) is 0 Å². The molecule has 0 atom stereocenters. The fourth-order valence-electron chi connectivity index (χ4n) is 1.51. The van der Waals surface area contributed by atoms with Crippen LogP contribution in [-0.2, 0) is 6.42 Å². The molecule has 1 aromatic carbocycles. The number of oxazole rings is 1. The molecule has 3 rings (SSSR count). The normalized spacial score (nSPS) is 11.1. The number of hydrogen-bond donors (Lipinski definition) is 1. The molecular formula is C11H10N4OS2. The fourth-order valence-corrected chi connectivity index (χ4v) is 3.03. The molecule has 0 saturated heterocycles. The van der Waals surface area contributed by atoms with Gasteiger partial charge in [-0.1, -0.05) is 35.2 Å². The van der Waals surface area contributed by atoms with Crippen molar-refractivity contribution in [1.82, 2.24) is 15.2 Å². The number of nitrogens with zero attached hydrogens (tertiary/aromatic N) is 3. The van der Waals surface area contributed by atoms with Gasteiger partial charge in [0.05, 0.1) is 0 Å². The predicted molar refractivity (Wildman–Crippen MR) is 72.8 cm³/mol. The van der Waals surface area contributed by atoms with Crippen LogP contribution in [0.1, 0.15) is 5.01 Å². The van der Waals surface area contributed by atoms with E-state index in [0.29, 0.717) is 10.4 Å². The van der Waals surface area contributed by atoms with Crippen molar-refractivity contribution >= 4 is 39.3 Å². The predicted octanol–water partition coefficient (Wildman–Crippen LogP) is 2.60. The lowest BCUT2D eigenvalue weighted by atomic mass is 10.3. The first-order valence-electron chi connectivity index (χ1n) is 5.37. The van der Waals surface area contributed by atoms with Crippen molar-refractivity contribution < 1.29 is 4.42 Å². The van der Waals surface area contributed by atoms with Gasteiger partial charge in [0.2, 0.25) is 5.13 Å². The number of fused-ring (bicyclic) bond motifs is 1. The molecular weight excluding hydrogens is 268 g/mol. The summed E-state index contributed by atoms with van der Waals surface area (Å²) in [6, 6.07) is 7.74. The summed E-state index contributed by atoms with van der Waals surface area (Å²) in [6.07, 6.45) is 0.818. The van der Waals surface area contributed by atoms with Gasteiger partial charge in [0.25, 0.3) is 5.22 Å². The maximum Gasteiger partial charge on any atom is 0.256 e. The Hall–Kier alpha value is -1.60. The first kappa shape index (κ1) is 11.5. The van der Waals surface area contributed by atoms with E-state index in [1.54, 1.807) is 11.8 Å². The second-order valence-electron chi connectivity index (χ2n) is 3.58. The van der Waals surface area contributed by atoms with Crippen LogP contribution in [0.4, 0.5) is 5.13 Å². The summed E-state index contributed by atoms with van der Waals surface area (Å²) in [7, 11) is 0. The van der Waals surface area contributed by atoms with Crippen molar-refractivity contribution in [3.8, 4) is 0 Å². The van der Waals surface area contributed by atoms with Crippen LogP contribution < -0.4 is 5.73 Å². The van der Waals surface area contributed by atoms with Gasteiger partial charge in [0, 0.05) is 12.2 Å². The van der Waals surface area contributed by atoms with Crippen molar-refractivity contribution in [2.24, 2.45) is 0 Å². The summed E-state index contributed by atoms with van der Waals surface area (Å²) in [5.41, 5.74) is 7.23. The molecule has 7 heteroatoms. The van der Waals surface area contributed by atoms with Crippen molar-refractivity contribution in [2.75, 3.05) is 11.5 Å². The van der Waals surface area contributed by atoms with E-state index in [-0.39, 0.29) is 0 Å². The maximum atomic E-state index is 5.61. The molecule has 0 aliphatic heterocycles. The lowest BCUT2D eigenvalue weighted by Gasteiger charge is -1.92. The molecule has 3 aromatic rings. The lowest BCUT2D eigenvalue weighted by molar-refractivity contribution is 0.489. The highest BCUT2D eigenvalue weighted by Gasteiger charge is 2.06. The molecule has 0 spiro atoms. The molecule has 2 heterocycles. The van der Waals surface area contributed by atoms with Crippen molar-refractivity contribution in [3.05, 3.63) is 29.3 Å². The van der Waals surface area contributed by atoms with E-state index in [9.17, 15) is 0 Å². The van der Waals surface area contributed by atoms with Gasteiger partial charge in [-0.15, -0.1) is 10.2 Å². The van der Waals surface area contributed by atoms with Gasteiger partial charge in [-0.3, -0.25) is 0 Å². The average Bonchev–Trinajstić information content (AvgIpc) is 2.95. The third-order valence-electron chi connectivity index (χ3n) is 2.30. The van der Waals surface area contributed by atoms with Crippen molar-refractivity contribution in [2.45, 2.75) is 11.6 Å². The number of benzene rings is 1. The minimum atomic E-state index is 0.511. The number of anilines is 1. The zero-order chi connectivity index (χ0) is 12.4. The molecule has 0 bridgehead atoms. The van der Waals surface area contributed by atoms with Gasteiger partial charge < -0.3 is 10.2 Å². The Labute approximate surface area is 111 Å². The molecule has 0 fully saturated rings. The van der Waals surface area contributed by atoms with Crippen LogP contribution in [0.25, 0.3) is 11.1 Å². The van der Waals surface area contributed by atoms with E-state index in [0.717, 1.165) is 28.3 Å². The van der Waals surface area contributed by atoms with Crippen LogP contribution >= 0.6 is 23.1 Å². The van der Waals surface area contributed by atoms with Crippen LogP contribution in [0.15, 0.2) is 33.9 Å². The number of rotatable bonds is 4. The Bertz CT molecular complexity index is 631. The van der Waals surface area contributed by atoms with E-state index in [1.807, 2.05) is 24.3 Å². The molecule has 0 amide bonds. The highest BCUT2D eigenvalue weighted by Crippen LogP contribution is 2.24. The molecule has 0 aliphatic rings. The smallest absolute Gasteiger partial charge is 0.256 e. The highest BCUT2D eigenvalue weighted by molar-refractivity contribution is 7.99. The van der Waals surface area contributed by atoms with E-state index >= 15 is 0 Å². The second kappa shape index (κ2) is 4.95. The quantitative estimate of drug-likeness (QED) is 0.739. The molecule has 2 aromatic heterocycles. The van der Waals surface area contributed by atoms with Crippen LogP contribution in [0.3, 0.4) is 0 Å². The summed E-state index contributed by atoms with van der Waals surface area (Å²) in [5, 5.41) is 9.88. The SMILES string of the molecule is Nc1nnc(CCSc2nc3ccccc3o2)s1. The monoisotopic (exact) mass is 278 g/mol. The molecule has 92 valence electrons. The van der Waals surface area contributed by atoms with Gasteiger partial charge >= 0.3 is 0 Å². The first-order valence-corrected chi connectivity index (χ1v) is 7.18. The second-order valence-corrected chi connectivity index (χ2v) is 5.72. The zero-order valence-corrected chi connectivity index (χ0v) is 11.0. The van der Waals surface area contributed by atoms with Crippen LogP contribution in [0, 0.1) is 0 Å². The highest BCUT2D eigenvalue weighted by atomic mass is 32.2. The number of nitrogens with two attached hydrogens (primary N) is 1. The van der Waals surface area contributed by atoms with E-state index in [2.05, 4.69) is 15.2 Å². The lowest BCUT2D eigenvalue weighted by Crippen LogP contribution is -1.87. The Morgan fingerprint density at radius 2 is 2.17 bits per heavy atom. The molecule has 0 unspecified atom stereocenters. The number of aromatic nitrogens is 3. The zero-order valence-electron chi connectivity index (χ0n) is 9.37. The van der Waals surface area contributed by atoms with Crippen LogP contribution in [-0.4, -0.2) is 20.9 Å². The van der Waals surface area contributed by atoms with Gasteiger partial charge in [-0.05, 0) is 12.1 Å². The topological polar surface area (TPSA) is 77.8 Å². The summed E-state index contributed by atoms with van der Waals surface area (Å²) in [6.45, 7) is 0. The Morgan fingerprint density at radius 3 is 2.94 bits per heavy atom. The minimum Gasteiger partial charge on any atom is -0.431 e. The van der Waals surface area contributed by atoms with E-state index < -0.39 is 0 Å². The minimum absolute atomic E-state index is 0.511. The molecule has 18 heavy (non-hydrogen) atoms. The summed E-state index contributed by atoms with van der Waals surface area (Å²) in [4.78, 5) is 4.39. The van der Waals surface area contributed by atoms with Crippen LogP contribution in [0.5, 0.6) is 0 Å². The molecule has 5 nitrogen and oxygen atoms in total. The summed E-state index contributed by atoms with van der Waals surface area (Å²) in [5.74, 6) is 0.849. The molecule has 0 radical (unpaired) electrons. The third kappa shape index (κ3) is 2.46. The first-order chi connectivity index (χ1) is 8.81. The molecule has 0 aliphatic carbocycles. The van der Waals surface area contributed by atoms with Crippen molar-refractivity contribution in [1.29, 1.82) is 0 Å². The average molecular weight is 278 g/mol. The van der Waals surface area contributed by atoms with Gasteiger partial charge in [-0.25, -0.2) is 4.98 Å². The Balaban J connectivity index is 1.62. The number of aryl methyl sites for hydroxylation is 1. The summed E-state index contributed by atoms with van der Waals surface area (Å²) >= 11 is 2.99. The summed E-state index contributed by atoms with van der Waals surface area (Å²) < 4.78 is 5.61. The van der Waals surface area contributed by atoms with E-state index in [4.69, 9.17) is 10.2 Å². The number of thioether (sulfide) groups is 1. The molecule has 0 saturated carbocycles. The Kier molecular flexibility index (Phi) is 3.16. The number of para-hydroxylation sites is 2. The standard InChI is InChI=1S/C11H10N4OS2/c12-10-15-14-9(18-10)5-6-17-11-13-7-3-1-2-4-8(7)16-11/h1-4H,5-6H2,(H2,12,15). The number of hydrogen-bond acceptors (Lipinski definition) is 7. The van der Waals surface area contributed by atoms with Gasteiger partial charge in [0.15, 0.2) is 5.58 Å². The van der Waals surface area contributed by atoms with Crippen molar-refractivity contribution in [3.63, 3.8) is 0 Å². The third-order valence-corrected chi connectivity index (χ3v) is 3.94.